The van der Waals surface area contributed by atoms with Crippen molar-refractivity contribution in [3.63, 3.8) is 0 Å². The van der Waals surface area contributed by atoms with E-state index in [0.717, 1.165) is 31.0 Å². The van der Waals surface area contributed by atoms with Gasteiger partial charge in [-0.15, -0.1) is 0 Å². The summed E-state index contributed by atoms with van der Waals surface area (Å²) in [5.74, 6) is 0. The minimum atomic E-state index is 0.357. The van der Waals surface area contributed by atoms with E-state index in [1.54, 1.807) is 0 Å². The molecule has 0 aliphatic carbocycles. The lowest BCUT2D eigenvalue weighted by molar-refractivity contribution is -0.00737. The average molecular weight is 282 g/mol. The zero-order valence-corrected chi connectivity index (χ0v) is 12.5. The van der Waals surface area contributed by atoms with E-state index in [9.17, 15) is 0 Å². The molecule has 0 aromatic heterocycles. The number of benzene rings is 1. The van der Waals surface area contributed by atoms with Crippen LogP contribution in [-0.4, -0.2) is 25.3 Å². The third kappa shape index (κ3) is 4.79. The molecule has 1 aliphatic heterocycles. The average Bonchev–Trinajstić information content (AvgIpc) is 2.46. The predicted molar refractivity (Wildman–Crippen MR) is 80.8 cm³/mol. The summed E-state index contributed by atoms with van der Waals surface area (Å²) in [6, 6.07) is 8.59. The first-order valence-electron chi connectivity index (χ1n) is 7.39. The standard InChI is InChI=1S/C16H24ClNO/c1-2-10-18-15(16-5-3-4-11-19-16)12-13-6-8-14(17)9-7-13/h6-9,15-16,18H,2-5,10-12H2,1H3. The SMILES string of the molecule is CCCNC(Cc1ccc(Cl)cc1)C1CCCCO1. The van der Waals surface area contributed by atoms with E-state index in [2.05, 4.69) is 24.4 Å². The van der Waals surface area contributed by atoms with E-state index < -0.39 is 0 Å². The molecule has 0 bridgehead atoms. The lowest BCUT2D eigenvalue weighted by Crippen LogP contribution is -2.44. The second-order valence-electron chi connectivity index (χ2n) is 5.30. The second kappa shape index (κ2) is 7.88. The van der Waals surface area contributed by atoms with Gasteiger partial charge in [0.05, 0.1) is 6.10 Å². The molecule has 1 aromatic carbocycles. The summed E-state index contributed by atoms with van der Waals surface area (Å²) in [7, 11) is 0. The molecule has 2 unspecified atom stereocenters. The Balaban J connectivity index is 1.97. The summed E-state index contributed by atoms with van der Waals surface area (Å²) >= 11 is 5.94. The van der Waals surface area contributed by atoms with E-state index in [0.29, 0.717) is 12.1 Å². The van der Waals surface area contributed by atoms with E-state index in [-0.39, 0.29) is 0 Å². The second-order valence-corrected chi connectivity index (χ2v) is 5.73. The van der Waals surface area contributed by atoms with Crippen LogP contribution in [0.5, 0.6) is 0 Å². The van der Waals surface area contributed by atoms with Crippen molar-refractivity contribution in [2.24, 2.45) is 0 Å². The van der Waals surface area contributed by atoms with Crippen LogP contribution in [0.1, 0.15) is 38.2 Å². The highest BCUT2D eigenvalue weighted by molar-refractivity contribution is 6.30. The van der Waals surface area contributed by atoms with Gasteiger partial charge in [-0.2, -0.15) is 0 Å². The number of hydrogen-bond acceptors (Lipinski definition) is 2. The van der Waals surface area contributed by atoms with Crippen molar-refractivity contribution >= 4 is 11.6 Å². The lowest BCUT2D eigenvalue weighted by Gasteiger charge is -2.31. The summed E-state index contributed by atoms with van der Waals surface area (Å²) in [5.41, 5.74) is 1.33. The van der Waals surface area contributed by atoms with Crippen LogP contribution in [0.15, 0.2) is 24.3 Å². The Bertz CT molecular complexity index is 360. The summed E-state index contributed by atoms with van der Waals surface area (Å²) in [6.45, 7) is 4.17. The Kier molecular flexibility index (Phi) is 6.15. The minimum Gasteiger partial charge on any atom is -0.377 e. The lowest BCUT2D eigenvalue weighted by atomic mass is 9.96. The van der Waals surface area contributed by atoms with Crippen molar-refractivity contribution in [1.29, 1.82) is 0 Å². The van der Waals surface area contributed by atoms with Gasteiger partial charge >= 0.3 is 0 Å². The van der Waals surface area contributed by atoms with Gasteiger partial charge in [0, 0.05) is 17.7 Å². The summed E-state index contributed by atoms with van der Waals surface area (Å²) in [5, 5.41) is 4.45. The number of rotatable bonds is 6. The van der Waals surface area contributed by atoms with Crippen LogP contribution in [0.3, 0.4) is 0 Å². The van der Waals surface area contributed by atoms with E-state index in [1.807, 2.05) is 12.1 Å². The molecule has 0 radical (unpaired) electrons. The Labute approximate surface area is 121 Å². The molecular formula is C16H24ClNO. The van der Waals surface area contributed by atoms with Crippen molar-refractivity contribution in [3.05, 3.63) is 34.9 Å². The largest absolute Gasteiger partial charge is 0.377 e. The molecule has 0 amide bonds. The number of halogens is 1. The number of ether oxygens (including phenoxy) is 1. The van der Waals surface area contributed by atoms with Gasteiger partial charge in [0.15, 0.2) is 0 Å². The van der Waals surface area contributed by atoms with Crippen molar-refractivity contribution < 1.29 is 4.74 Å². The van der Waals surface area contributed by atoms with Crippen LogP contribution >= 0.6 is 11.6 Å². The first kappa shape index (κ1) is 14.8. The normalized spacial score (nSPS) is 21.3. The molecule has 1 N–H and O–H groups in total. The molecule has 1 fully saturated rings. The first-order chi connectivity index (χ1) is 9.29. The Morgan fingerprint density at radius 1 is 1.32 bits per heavy atom. The molecule has 2 atom stereocenters. The highest BCUT2D eigenvalue weighted by Gasteiger charge is 2.24. The quantitative estimate of drug-likeness (QED) is 0.856. The highest BCUT2D eigenvalue weighted by atomic mass is 35.5. The van der Waals surface area contributed by atoms with Crippen LogP contribution in [-0.2, 0) is 11.2 Å². The van der Waals surface area contributed by atoms with Crippen LogP contribution in [0, 0.1) is 0 Å². The van der Waals surface area contributed by atoms with Gasteiger partial charge in [-0.05, 0) is 56.3 Å². The molecule has 1 aromatic rings. The Hall–Kier alpha value is -0.570. The molecule has 3 heteroatoms. The van der Waals surface area contributed by atoms with Gasteiger partial charge < -0.3 is 10.1 Å². The third-order valence-electron chi connectivity index (χ3n) is 3.69. The monoisotopic (exact) mass is 281 g/mol. The molecular weight excluding hydrogens is 258 g/mol. The van der Waals surface area contributed by atoms with Crippen molar-refractivity contribution in [1.82, 2.24) is 5.32 Å². The van der Waals surface area contributed by atoms with Crippen LogP contribution in [0.4, 0.5) is 0 Å². The molecule has 1 heterocycles. The van der Waals surface area contributed by atoms with Crippen molar-refractivity contribution in [2.75, 3.05) is 13.2 Å². The van der Waals surface area contributed by atoms with Gasteiger partial charge in [0.1, 0.15) is 0 Å². The topological polar surface area (TPSA) is 21.3 Å². The number of hydrogen-bond donors (Lipinski definition) is 1. The highest BCUT2D eigenvalue weighted by Crippen LogP contribution is 2.19. The number of nitrogens with one attached hydrogen (secondary N) is 1. The molecule has 19 heavy (non-hydrogen) atoms. The Morgan fingerprint density at radius 3 is 2.74 bits per heavy atom. The fraction of sp³-hybridized carbons (Fsp3) is 0.625. The van der Waals surface area contributed by atoms with Crippen LogP contribution < -0.4 is 5.32 Å². The maximum atomic E-state index is 5.94. The maximum absolute atomic E-state index is 5.94. The van der Waals surface area contributed by atoms with Gasteiger partial charge in [-0.3, -0.25) is 0 Å². The van der Waals surface area contributed by atoms with Gasteiger partial charge in [-0.25, -0.2) is 0 Å². The Morgan fingerprint density at radius 2 is 2.11 bits per heavy atom. The van der Waals surface area contributed by atoms with E-state index in [1.165, 1.54) is 24.8 Å². The molecule has 0 saturated carbocycles. The fourth-order valence-corrected chi connectivity index (χ4v) is 2.75. The zero-order valence-electron chi connectivity index (χ0n) is 11.7. The minimum absolute atomic E-state index is 0.357. The van der Waals surface area contributed by atoms with E-state index in [4.69, 9.17) is 16.3 Å². The smallest absolute Gasteiger partial charge is 0.0731 e. The van der Waals surface area contributed by atoms with Gasteiger partial charge in [0.2, 0.25) is 0 Å². The van der Waals surface area contributed by atoms with Crippen LogP contribution in [0.25, 0.3) is 0 Å². The molecule has 1 saturated heterocycles. The van der Waals surface area contributed by atoms with E-state index >= 15 is 0 Å². The third-order valence-corrected chi connectivity index (χ3v) is 3.94. The zero-order chi connectivity index (χ0) is 13.5. The molecule has 1 aliphatic rings. The van der Waals surface area contributed by atoms with Gasteiger partial charge in [0.25, 0.3) is 0 Å². The first-order valence-corrected chi connectivity index (χ1v) is 7.77. The van der Waals surface area contributed by atoms with Crippen LogP contribution in [0.2, 0.25) is 5.02 Å². The van der Waals surface area contributed by atoms with Crippen molar-refractivity contribution in [3.8, 4) is 0 Å². The molecule has 0 spiro atoms. The fourth-order valence-electron chi connectivity index (χ4n) is 2.62. The summed E-state index contributed by atoms with van der Waals surface area (Å²) in [6.07, 6.45) is 6.20. The molecule has 2 rings (SSSR count). The molecule has 106 valence electrons. The predicted octanol–water partition coefficient (Wildman–Crippen LogP) is 3.82. The maximum Gasteiger partial charge on any atom is 0.0731 e. The summed E-state index contributed by atoms with van der Waals surface area (Å²) < 4.78 is 5.94. The van der Waals surface area contributed by atoms with Crippen molar-refractivity contribution in [2.45, 2.75) is 51.2 Å². The summed E-state index contributed by atoms with van der Waals surface area (Å²) in [4.78, 5) is 0. The van der Waals surface area contributed by atoms with Gasteiger partial charge in [-0.1, -0.05) is 30.7 Å². The molecule has 2 nitrogen and oxygen atoms in total.